The number of nitrogens with one attached hydrogen (secondary N) is 2. The highest BCUT2D eigenvalue weighted by Gasteiger charge is 2.02. The maximum Gasteiger partial charge on any atom is 0.221 e. The second kappa shape index (κ2) is 8.83. The minimum absolute atomic E-state index is 0. The Morgan fingerprint density at radius 2 is 1.78 bits per heavy atom. The molecule has 0 saturated carbocycles. The van der Waals surface area contributed by atoms with Gasteiger partial charge in [-0.05, 0) is 31.2 Å². The Balaban J connectivity index is 0.00000289. The Hall–Kier alpha value is -1.20. The molecule has 6 heteroatoms. The van der Waals surface area contributed by atoms with E-state index >= 15 is 0 Å². The molecule has 0 bridgehead atoms. The molecule has 1 aromatic carbocycles. The summed E-state index contributed by atoms with van der Waals surface area (Å²) in [7, 11) is 1.77. The third-order valence-electron chi connectivity index (χ3n) is 2.26. The van der Waals surface area contributed by atoms with Crippen LogP contribution in [-0.2, 0) is 11.2 Å². The fourth-order valence-electron chi connectivity index (χ4n) is 1.43. The van der Waals surface area contributed by atoms with E-state index in [4.69, 9.17) is 0 Å². The fraction of sp³-hybridized carbons (Fsp3) is 0.417. The molecule has 0 aliphatic heterocycles. The molecule has 18 heavy (non-hydrogen) atoms. The van der Waals surface area contributed by atoms with Crippen molar-refractivity contribution in [3.63, 3.8) is 0 Å². The van der Waals surface area contributed by atoms with Gasteiger partial charge in [0.25, 0.3) is 0 Å². The Morgan fingerprint density at radius 1 is 1.17 bits per heavy atom. The second-order valence-electron chi connectivity index (χ2n) is 3.73. The van der Waals surface area contributed by atoms with Crippen LogP contribution in [0.1, 0.15) is 12.0 Å². The lowest BCUT2D eigenvalue weighted by Gasteiger charge is -2.05. The van der Waals surface area contributed by atoms with Crippen molar-refractivity contribution in [2.45, 2.75) is 12.8 Å². The SMILES string of the molecule is CNCCC(=O)NCCc1cc(F)cc(F)c1.Cl. The first-order valence-electron chi connectivity index (χ1n) is 5.48. The molecule has 1 amide bonds. The van der Waals surface area contributed by atoms with E-state index < -0.39 is 11.6 Å². The van der Waals surface area contributed by atoms with E-state index in [0.29, 0.717) is 31.5 Å². The second-order valence-corrected chi connectivity index (χ2v) is 3.73. The quantitative estimate of drug-likeness (QED) is 0.831. The number of hydrogen-bond donors (Lipinski definition) is 2. The summed E-state index contributed by atoms with van der Waals surface area (Å²) in [5.74, 6) is -1.26. The molecule has 1 rings (SSSR count). The minimum Gasteiger partial charge on any atom is -0.356 e. The lowest BCUT2D eigenvalue weighted by atomic mass is 10.1. The molecule has 0 aliphatic rings. The summed E-state index contributed by atoms with van der Waals surface area (Å²) in [6, 6.07) is 3.36. The average Bonchev–Trinajstić information content (AvgIpc) is 2.25. The first kappa shape index (κ1) is 16.8. The first-order chi connectivity index (χ1) is 8.11. The predicted molar refractivity (Wildman–Crippen MR) is 68.9 cm³/mol. The molecular weight excluding hydrogens is 262 g/mol. The van der Waals surface area contributed by atoms with E-state index in [2.05, 4.69) is 10.6 Å². The lowest BCUT2D eigenvalue weighted by Crippen LogP contribution is -2.28. The Labute approximate surface area is 111 Å². The molecule has 3 nitrogen and oxygen atoms in total. The van der Waals surface area contributed by atoms with Crippen LogP contribution >= 0.6 is 12.4 Å². The van der Waals surface area contributed by atoms with Gasteiger partial charge in [-0.1, -0.05) is 0 Å². The van der Waals surface area contributed by atoms with Crippen LogP contribution in [0.5, 0.6) is 0 Å². The van der Waals surface area contributed by atoms with Crippen LogP contribution in [0.25, 0.3) is 0 Å². The molecule has 0 unspecified atom stereocenters. The van der Waals surface area contributed by atoms with Crippen molar-refractivity contribution in [1.29, 1.82) is 0 Å². The van der Waals surface area contributed by atoms with Gasteiger partial charge in [-0.25, -0.2) is 8.78 Å². The number of halogens is 3. The van der Waals surface area contributed by atoms with Crippen molar-refractivity contribution in [3.05, 3.63) is 35.4 Å². The molecule has 0 heterocycles. The van der Waals surface area contributed by atoms with Gasteiger partial charge in [0.2, 0.25) is 5.91 Å². The number of rotatable bonds is 6. The predicted octanol–water partition coefficient (Wildman–Crippen LogP) is 1.65. The van der Waals surface area contributed by atoms with Crippen molar-refractivity contribution in [2.75, 3.05) is 20.1 Å². The van der Waals surface area contributed by atoms with Crippen LogP contribution in [0.15, 0.2) is 18.2 Å². The topological polar surface area (TPSA) is 41.1 Å². The standard InChI is InChI=1S/C12H16F2N2O.ClH/c1-15-4-3-12(17)16-5-2-9-6-10(13)8-11(14)7-9;/h6-8,15H,2-5H2,1H3,(H,16,17);1H. The lowest BCUT2D eigenvalue weighted by molar-refractivity contribution is -0.120. The van der Waals surface area contributed by atoms with Crippen molar-refractivity contribution >= 4 is 18.3 Å². The molecule has 102 valence electrons. The Bertz CT molecular complexity index is 368. The zero-order valence-electron chi connectivity index (χ0n) is 10.1. The zero-order valence-corrected chi connectivity index (χ0v) is 10.9. The van der Waals surface area contributed by atoms with E-state index in [1.807, 2.05) is 0 Å². The molecule has 0 saturated heterocycles. The summed E-state index contributed by atoms with van der Waals surface area (Å²) in [5.41, 5.74) is 0.538. The first-order valence-corrected chi connectivity index (χ1v) is 5.48. The van der Waals surface area contributed by atoms with Crippen LogP contribution in [0.2, 0.25) is 0 Å². The third-order valence-corrected chi connectivity index (χ3v) is 2.26. The molecule has 0 spiro atoms. The fourth-order valence-corrected chi connectivity index (χ4v) is 1.43. The molecule has 0 aliphatic carbocycles. The van der Waals surface area contributed by atoms with Crippen LogP contribution in [0.3, 0.4) is 0 Å². The van der Waals surface area contributed by atoms with Gasteiger partial charge >= 0.3 is 0 Å². The number of hydrogen-bond acceptors (Lipinski definition) is 2. The average molecular weight is 279 g/mol. The zero-order chi connectivity index (χ0) is 12.7. The van der Waals surface area contributed by atoms with E-state index in [-0.39, 0.29) is 18.3 Å². The van der Waals surface area contributed by atoms with Crippen LogP contribution in [0.4, 0.5) is 8.78 Å². The summed E-state index contributed by atoms with van der Waals surface area (Å²) < 4.78 is 25.7. The van der Waals surface area contributed by atoms with Gasteiger partial charge < -0.3 is 10.6 Å². The Morgan fingerprint density at radius 3 is 2.33 bits per heavy atom. The summed E-state index contributed by atoms with van der Waals surface area (Å²) >= 11 is 0. The smallest absolute Gasteiger partial charge is 0.221 e. The molecule has 2 N–H and O–H groups in total. The normalized spacial score (nSPS) is 9.72. The monoisotopic (exact) mass is 278 g/mol. The van der Waals surface area contributed by atoms with Gasteiger partial charge in [-0.2, -0.15) is 0 Å². The summed E-state index contributed by atoms with van der Waals surface area (Å²) in [6.45, 7) is 0.992. The maximum absolute atomic E-state index is 12.8. The molecule has 0 fully saturated rings. The van der Waals surface area contributed by atoms with Crippen LogP contribution < -0.4 is 10.6 Å². The minimum atomic E-state index is -0.596. The summed E-state index contributed by atoms with van der Waals surface area (Å²) in [6.07, 6.45) is 0.813. The van der Waals surface area contributed by atoms with Gasteiger partial charge in [-0.15, -0.1) is 12.4 Å². The summed E-state index contributed by atoms with van der Waals surface area (Å²) in [4.78, 5) is 11.2. The third kappa shape index (κ3) is 6.51. The molecule has 0 aromatic heterocycles. The van der Waals surface area contributed by atoms with Crippen molar-refractivity contribution < 1.29 is 13.6 Å². The summed E-state index contributed by atoms with van der Waals surface area (Å²) in [5, 5.41) is 5.54. The van der Waals surface area contributed by atoms with Crippen LogP contribution in [-0.4, -0.2) is 26.0 Å². The van der Waals surface area contributed by atoms with Gasteiger partial charge in [0.15, 0.2) is 0 Å². The molecule has 1 aromatic rings. The highest BCUT2D eigenvalue weighted by molar-refractivity contribution is 5.85. The van der Waals surface area contributed by atoms with E-state index in [0.717, 1.165) is 6.07 Å². The van der Waals surface area contributed by atoms with E-state index in [9.17, 15) is 13.6 Å². The highest BCUT2D eigenvalue weighted by atomic mass is 35.5. The number of carbonyl (C=O) groups is 1. The van der Waals surface area contributed by atoms with Gasteiger partial charge in [-0.3, -0.25) is 4.79 Å². The van der Waals surface area contributed by atoms with Crippen LogP contribution in [0, 0.1) is 11.6 Å². The number of amides is 1. The Kier molecular flexibility index (Phi) is 8.24. The van der Waals surface area contributed by atoms with Crippen molar-refractivity contribution in [1.82, 2.24) is 10.6 Å². The molecule has 0 atom stereocenters. The van der Waals surface area contributed by atoms with E-state index in [1.54, 1.807) is 7.05 Å². The maximum atomic E-state index is 12.8. The largest absolute Gasteiger partial charge is 0.356 e. The highest BCUT2D eigenvalue weighted by Crippen LogP contribution is 2.07. The van der Waals surface area contributed by atoms with Gasteiger partial charge in [0, 0.05) is 25.6 Å². The number of benzene rings is 1. The van der Waals surface area contributed by atoms with Gasteiger partial charge in [0.05, 0.1) is 0 Å². The molecule has 0 radical (unpaired) electrons. The van der Waals surface area contributed by atoms with Crippen molar-refractivity contribution in [3.8, 4) is 0 Å². The van der Waals surface area contributed by atoms with Crippen molar-refractivity contribution in [2.24, 2.45) is 0 Å². The molecular formula is C12H17ClF2N2O. The van der Waals surface area contributed by atoms with E-state index in [1.165, 1.54) is 12.1 Å². The van der Waals surface area contributed by atoms with Gasteiger partial charge in [0.1, 0.15) is 11.6 Å². The number of carbonyl (C=O) groups excluding carboxylic acids is 1.